The fraction of sp³-hybridized carbons (Fsp3) is 0.589. The van der Waals surface area contributed by atoms with Gasteiger partial charge in [0.25, 0.3) is 0 Å². The summed E-state index contributed by atoms with van der Waals surface area (Å²) in [5.41, 5.74) is -1.46. The zero-order valence-electron chi connectivity index (χ0n) is 42.1. The highest BCUT2D eigenvalue weighted by atomic mass is 19.4. The van der Waals surface area contributed by atoms with Crippen molar-refractivity contribution >= 4 is 17.7 Å². The standard InChI is InChI=1S/C28H39F3O4.C28H37F3O4/c2*1-19(2)35-27(33)13-8-6-5-7-12-25-24(21(4)16-26(25)32)15-14-20(3)18-34-23-11-9-10-22(17-23)28(29,30)31/h5,7,9-11,14-15,17,19-21,24-26,32H,6,8,12-13,16,18H2,1-4H3;5,7,9-11,14-15,17,19-21,24-25H,6,8,12-13,16,18H2,1-4H3/b2*7-5-,15-14+/t20?,21?,24-,25+,26-;20?,21?,24-,25+/m00/s1. The van der Waals surface area contributed by atoms with Crippen molar-refractivity contribution in [2.75, 3.05) is 13.2 Å². The van der Waals surface area contributed by atoms with Crippen LogP contribution in [0.1, 0.15) is 131 Å². The van der Waals surface area contributed by atoms with E-state index in [1.807, 2.05) is 65.8 Å². The summed E-state index contributed by atoms with van der Waals surface area (Å²) < 4.78 is 98.6. The summed E-state index contributed by atoms with van der Waals surface area (Å²) in [6.07, 6.45) is 13.5. The number of Topliss-reactive ketones (excluding diaryl/α,β-unsaturated/α-hetero) is 1. The van der Waals surface area contributed by atoms with E-state index in [4.69, 9.17) is 18.9 Å². The number of rotatable bonds is 24. The van der Waals surface area contributed by atoms with Gasteiger partial charge < -0.3 is 24.1 Å². The third-order valence-corrected chi connectivity index (χ3v) is 12.4. The number of esters is 2. The quantitative estimate of drug-likeness (QED) is 0.0479. The summed E-state index contributed by atoms with van der Waals surface area (Å²) in [4.78, 5) is 35.7. The molecule has 0 amide bonds. The predicted molar refractivity (Wildman–Crippen MR) is 261 cm³/mol. The van der Waals surface area contributed by atoms with Gasteiger partial charge in [-0.3, -0.25) is 14.4 Å². The number of alkyl halides is 6. The van der Waals surface area contributed by atoms with Gasteiger partial charge in [0.2, 0.25) is 0 Å². The van der Waals surface area contributed by atoms with Crippen molar-refractivity contribution in [2.24, 2.45) is 47.3 Å². The number of benzene rings is 2. The van der Waals surface area contributed by atoms with Gasteiger partial charge in [-0.15, -0.1) is 0 Å². The molecule has 4 rings (SSSR count). The SMILES string of the molecule is CC(/C=C/[C@H]1C(C)CC(=O)[C@@H]1C/C=C\CCCC(=O)OC(C)C)COc1cccc(C(F)(F)F)c1.CC(/C=C/[C@H]1C(C)C[C@H](O)[C@@H]1C/C=C\CCCC(=O)OC(C)C)COc1cccc(C(F)(F)F)c1. The first-order chi connectivity index (χ1) is 32.9. The number of carbonyl (C=O) groups excluding carboxylic acids is 3. The highest BCUT2D eigenvalue weighted by molar-refractivity contribution is 5.84. The molecule has 2 aliphatic carbocycles. The van der Waals surface area contributed by atoms with Crippen molar-refractivity contribution in [3.05, 3.63) is 108 Å². The number of ether oxygens (including phenoxy) is 4. The third-order valence-electron chi connectivity index (χ3n) is 12.4. The Labute approximate surface area is 412 Å². The first kappa shape index (κ1) is 59.5. The maximum Gasteiger partial charge on any atom is 0.416 e. The zero-order valence-corrected chi connectivity index (χ0v) is 42.1. The fourth-order valence-corrected chi connectivity index (χ4v) is 8.70. The molecule has 0 aliphatic heterocycles. The topological polar surface area (TPSA) is 108 Å². The number of aliphatic hydroxyl groups excluding tert-OH is 1. The van der Waals surface area contributed by atoms with Crippen LogP contribution in [0.5, 0.6) is 11.5 Å². The summed E-state index contributed by atoms with van der Waals surface area (Å²) in [5.74, 6) is 1.19. The molecule has 4 unspecified atom stereocenters. The Morgan fingerprint density at radius 2 is 1.13 bits per heavy atom. The molecule has 2 aromatic carbocycles. The van der Waals surface area contributed by atoms with Crippen LogP contribution in [0, 0.1) is 47.3 Å². The lowest BCUT2D eigenvalue weighted by atomic mass is 9.86. The minimum atomic E-state index is -4.40. The van der Waals surface area contributed by atoms with Crippen LogP contribution in [0.25, 0.3) is 0 Å². The number of carbonyl (C=O) groups is 3. The van der Waals surface area contributed by atoms with Crippen molar-refractivity contribution in [3.8, 4) is 11.5 Å². The molecule has 9 atom stereocenters. The van der Waals surface area contributed by atoms with Gasteiger partial charge in [0, 0.05) is 37.0 Å². The number of aliphatic hydroxyl groups is 1. The van der Waals surface area contributed by atoms with E-state index in [1.165, 1.54) is 24.3 Å². The third kappa shape index (κ3) is 22.1. The molecule has 14 heteroatoms. The van der Waals surface area contributed by atoms with Crippen LogP contribution in [0.15, 0.2) is 97.1 Å². The maximum absolute atomic E-state index is 12.9. The van der Waals surface area contributed by atoms with Crippen LogP contribution < -0.4 is 9.47 Å². The molecule has 70 heavy (non-hydrogen) atoms. The smallest absolute Gasteiger partial charge is 0.416 e. The van der Waals surface area contributed by atoms with Gasteiger partial charge in [-0.1, -0.05) is 88.4 Å². The van der Waals surface area contributed by atoms with Gasteiger partial charge in [-0.2, -0.15) is 26.3 Å². The van der Waals surface area contributed by atoms with E-state index in [1.54, 1.807) is 0 Å². The van der Waals surface area contributed by atoms with Crippen molar-refractivity contribution < 1.29 is 64.8 Å². The van der Waals surface area contributed by atoms with Crippen LogP contribution in [0.3, 0.4) is 0 Å². The van der Waals surface area contributed by atoms with Crippen LogP contribution in [0.2, 0.25) is 0 Å². The van der Waals surface area contributed by atoms with Crippen LogP contribution >= 0.6 is 0 Å². The first-order valence-electron chi connectivity index (χ1n) is 24.8. The van der Waals surface area contributed by atoms with Gasteiger partial charge in [0.15, 0.2) is 0 Å². The molecule has 0 spiro atoms. The second-order valence-electron chi connectivity index (χ2n) is 19.5. The van der Waals surface area contributed by atoms with E-state index < -0.39 is 23.5 Å². The lowest BCUT2D eigenvalue weighted by Gasteiger charge is -2.20. The summed E-state index contributed by atoms with van der Waals surface area (Å²) in [5, 5.41) is 10.6. The number of hydrogen-bond donors (Lipinski definition) is 1. The molecular weight excluding hydrogens is 915 g/mol. The number of halogens is 6. The lowest BCUT2D eigenvalue weighted by molar-refractivity contribution is -0.148. The monoisotopic (exact) mass is 991 g/mol. The summed E-state index contributed by atoms with van der Waals surface area (Å²) in [7, 11) is 0. The Hall–Kier alpha value is -4.85. The van der Waals surface area contributed by atoms with Crippen LogP contribution in [0.4, 0.5) is 26.3 Å². The minimum absolute atomic E-state index is 0.0104. The summed E-state index contributed by atoms with van der Waals surface area (Å²) in [6, 6.07) is 9.78. The maximum atomic E-state index is 12.9. The molecule has 0 radical (unpaired) electrons. The summed E-state index contributed by atoms with van der Waals surface area (Å²) in [6.45, 7) is 15.9. The molecule has 8 nitrogen and oxygen atoms in total. The van der Waals surface area contributed by atoms with Gasteiger partial charge in [-0.05, 0) is 139 Å². The van der Waals surface area contributed by atoms with Crippen LogP contribution in [-0.4, -0.2) is 54.4 Å². The fourth-order valence-electron chi connectivity index (χ4n) is 8.70. The number of ketones is 1. The van der Waals surface area contributed by atoms with E-state index in [0.717, 1.165) is 56.4 Å². The van der Waals surface area contributed by atoms with Crippen molar-refractivity contribution in [2.45, 2.75) is 150 Å². The van der Waals surface area contributed by atoms with E-state index in [0.29, 0.717) is 38.0 Å². The molecule has 0 bridgehead atoms. The van der Waals surface area contributed by atoms with E-state index in [2.05, 4.69) is 38.2 Å². The predicted octanol–water partition coefficient (Wildman–Crippen LogP) is 14.2. The molecule has 1 N–H and O–H groups in total. The zero-order chi connectivity index (χ0) is 52.0. The van der Waals surface area contributed by atoms with E-state index >= 15 is 0 Å². The minimum Gasteiger partial charge on any atom is -0.493 e. The molecular formula is C56H76F6O8. The highest BCUT2D eigenvalue weighted by Gasteiger charge is 2.39. The second-order valence-corrected chi connectivity index (χ2v) is 19.5. The molecule has 0 aromatic heterocycles. The van der Waals surface area contributed by atoms with Crippen LogP contribution in [-0.2, 0) is 36.2 Å². The average molecular weight is 991 g/mol. The molecule has 2 saturated carbocycles. The number of hydrogen-bond acceptors (Lipinski definition) is 8. The lowest BCUT2D eigenvalue weighted by Crippen LogP contribution is -2.18. The molecule has 0 saturated heterocycles. The van der Waals surface area contributed by atoms with Gasteiger partial charge in [-0.25, -0.2) is 0 Å². The molecule has 2 aromatic rings. The van der Waals surface area contributed by atoms with Crippen molar-refractivity contribution in [1.82, 2.24) is 0 Å². The number of allylic oxidation sites excluding steroid dienone is 6. The molecule has 0 heterocycles. The molecule has 2 fully saturated rings. The molecule has 2 aliphatic rings. The normalized spacial score (nSPS) is 22.9. The Morgan fingerprint density at radius 3 is 1.59 bits per heavy atom. The van der Waals surface area contributed by atoms with Gasteiger partial charge >= 0.3 is 24.3 Å². The highest BCUT2D eigenvalue weighted by Crippen LogP contribution is 2.41. The summed E-state index contributed by atoms with van der Waals surface area (Å²) >= 11 is 0. The average Bonchev–Trinajstić information content (AvgIpc) is 3.71. The van der Waals surface area contributed by atoms with Gasteiger partial charge in [0.05, 0.1) is 42.7 Å². The Morgan fingerprint density at radius 1 is 0.671 bits per heavy atom. The molecule has 390 valence electrons. The van der Waals surface area contributed by atoms with Crippen molar-refractivity contribution in [1.29, 1.82) is 0 Å². The Kier molecular flexibility index (Phi) is 25.0. The largest absolute Gasteiger partial charge is 0.493 e. The number of unbranched alkanes of at least 4 members (excludes halogenated alkanes) is 2. The van der Waals surface area contributed by atoms with Crippen molar-refractivity contribution in [3.63, 3.8) is 0 Å². The Balaban J connectivity index is 0.000000370. The van der Waals surface area contributed by atoms with E-state index in [9.17, 15) is 45.8 Å². The first-order valence-corrected chi connectivity index (χ1v) is 24.8. The van der Waals surface area contributed by atoms with E-state index in [-0.39, 0.29) is 102 Å². The Bertz CT molecular complexity index is 2020. The second kappa shape index (κ2) is 29.5. The van der Waals surface area contributed by atoms with Gasteiger partial charge in [0.1, 0.15) is 17.3 Å².